The molecule has 0 rings (SSSR count). The fourth-order valence-corrected chi connectivity index (χ4v) is 1.97. The van der Waals surface area contributed by atoms with E-state index in [1.165, 1.54) is 38.8 Å². The summed E-state index contributed by atoms with van der Waals surface area (Å²) >= 11 is 0. The third-order valence-corrected chi connectivity index (χ3v) is 3.80. The highest BCUT2D eigenvalue weighted by Gasteiger charge is 2.46. The van der Waals surface area contributed by atoms with Crippen molar-refractivity contribution in [1.29, 1.82) is 0 Å². The van der Waals surface area contributed by atoms with Gasteiger partial charge in [0.1, 0.15) is 13.2 Å². The van der Waals surface area contributed by atoms with Gasteiger partial charge in [-0.3, -0.25) is 9.05 Å². The highest BCUT2D eigenvalue weighted by molar-refractivity contribution is 7.47. The van der Waals surface area contributed by atoms with Gasteiger partial charge in [-0.15, -0.1) is 0 Å². The molecule has 0 aliphatic carbocycles. The molecule has 0 heterocycles. The Balaban J connectivity index is 0. The Hall–Kier alpha value is -0.490. The van der Waals surface area contributed by atoms with E-state index in [-0.39, 0.29) is 0 Å². The van der Waals surface area contributed by atoms with Crippen LogP contribution in [0.5, 0.6) is 0 Å². The molecule has 0 aromatic rings. The van der Waals surface area contributed by atoms with Crippen molar-refractivity contribution in [2.45, 2.75) is 64.2 Å². The number of alkyl halides is 8. The molecule has 0 spiro atoms. The van der Waals surface area contributed by atoms with Gasteiger partial charge in [0.25, 0.3) is 0 Å². The predicted octanol–water partition coefficient (Wildman–Crippen LogP) is 5.10. The van der Waals surface area contributed by atoms with Crippen LogP contribution < -0.4 is 5.32 Å². The second kappa shape index (κ2) is 14.5. The van der Waals surface area contributed by atoms with Gasteiger partial charge in [-0.1, -0.05) is 26.7 Å². The first-order valence-electron chi connectivity index (χ1n) is 8.36. The van der Waals surface area contributed by atoms with Crippen molar-refractivity contribution in [3.05, 3.63) is 0 Å². The highest BCUT2D eigenvalue weighted by Crippen LogP contribution is 2.46. The summed E-state index contributed by atoms with van der Waals surface area (Å²) < 4.78 is 113. The number of phosphoric acid groups is 1. The molecule has 0 aromatic carbocycles. The molecule has 2 N–H and O–H groups in total. The first-order valence-corrected chi connectivity index (χ1v) is 9.86. The van der Waals surface area contributed by atoms with Crippen molar-refractivity contribution in [2.24, 2.45) is 0 Å². The van der Waals surface area contributed by atoms with Gasteiger partial charge in [0, 0.05) is 0 Å². The Kier molecular flexibility index (Phi) is 15.4. The highest BCUT2D eigenvalue weighted by atomic mass is 31.2. The van der Waals surface area contributed by atoms with Crippen LogP contribution in [-0.2, 0) is 13.6 Å². The Morgan fingerprint density at radius 1 is 0.857 bits per heavy atom. The molecule has 0 aliphatic heterocycles. The summed E-state index contributed by atoms with van der Waals surface area (Å²) in [5.41, 5.74) is 0. The van der Waals surface area contributed by atoms with Gasteiger partial charge >= 0.3 is 32.5 Å². The fraction of sp³-hybridized carbons (Fsp3) is 1.00. The van der Waals surface area contributed by atoms with Crippen molar-refractivity contribution in [2.75, 3.05) is 26.3 Å². The minimum Gasteiger partial charge on any atom is -0.317 e. The average molecular weight is 455 g/mol. The van der Waals surface area contributed by atoms with Crippen LogP contribution in [0, 0.1) is 0 Å². The van der Waals surface area contributed by atoms with Crippen LogP contribution in [0.15, 0.2) is 0 Å². The van der Waals surface area contributed by atoms with E-state index in [2.05, 4.69) is 28.2 Å². The zero-order valence-electron chi connectivity index (χ0n) is 15.5. The van der Waals surface area contributed by atoms with E-state index < -0.39 is 45.7 Å². The van der Waals surface area contributed by atoms with E-state index in [1.54, 1.807) is 0 Å². The van der Waals surface area contributed by atoms with Gasteiger partial charge in [-0.25, -0.2) is 22.1 Å². The average Bonchev–Trinajstić information content (AvgIpc) is 2.59. The third kappa shape index (κ3) is 15.4. The number of halogens is 8. The summed E-state index contributed by atoms with van der Waals surface area (Å²) in [6.45, 7) is 2.24. The molecule has 0 fully saturated rings. The van der Waals surface area contributed by atoms with Gasteiger partial charge in [-0.05, 0) is 25.9 Å². The number of nitrogens with one attached hydrogen (secondary N) is 1. The SMILES string of the molecule is CCCCNCCCC.O=P(O)(OCC(F)(F)C(F)F)OCC(F)(F)C(F)F. The zero-order chi connectivity index (χ0) is 22.4. The molecule has 172 valence electrons. The monoisotopic (exact) mass is 455 g/mol. The molecule has 0 saturated carbocycles. The topological polar surface area (TPSA) is 67.8 Å². The van der Waals surface area contributed by atoms with Crippen molar-refractivity contribution in [3.63, 3.8) is 0 Å². The first kappa shape index (κ1) is 29.7. The normalized spacial score (nSPS) is 13.0. The van der Waals surface area contributed by atoms with Crippen LogP contribution >= 0.6 is 7.82 Å². The van der Waals surface area contributed by atoms with E-state index in [4.69, 9.17) is 4.89 Å². The molecule has 14 heteroatoms. The Labute approximate surface area is 158 Å². The minimum absolute atomic E-state index is 1.20. The lowest BCUT2D eigenvalue weighted by Gasteiger charge is -2.20. The van der Waals surface area contributed by atoms with E-state index in [0.717, 1.165) is 0 Å². The minimum atomic E-state index is -5.59. The quantitative estimate of drug-likeness (QED) is 0.217. The van der Waals surface area contributed by atoms with Crippen LogP contribution in [0.4, 0.5) is 35.1 Å². The number of phosphoric ester groups is 1. The Morgan fingerprint density at radius 2 is 1.18 bits per heavy atom. The predicted molar refractivity (Wildman–Crippen MR) is 86.3 cm³/mol. The number of hydrogen-bond donors (Lipinski definition) is 2. The van der Waals surface area contributed by atoms with Crippen LogP contribution in [0.2, 0.25) is 0 Å². The lowest BCUT2D eigenvalue weighted by Crippen LogP contribution is -2.33. The maximum atomic E-state index is 12.2. The summed E-state index contributed by atoms with van der Waals surface area (Å²) in [5.74, 6) is -9.65. The number of hydrogen-bond acceptors (Lipinski definition) is 4. The second-order valence-electron chi connectivity index (χ2n) is 5.60. The van der Waals surface area contributed by atoms with Gasteiger partial charge < -0.3 is 10.2 Å². The van der Waals surface area contributed by atoms with Gasteiger partial charge in [-0.2, -0.15) is 17.6 Å². The van der Waals surface area contributed by atoms with Gasteiger partial charge in [0.2, 0.25) is 0 Å². The molecule has 5 nitrogen and oxygen atoms in total. The molecular formula is C14H26F8NO4P. The smallest absolute Gasteiger partial charge is 0.317 e. The van der Waals surface area contributed by atoms with Gasteiger partial charge in [0.05, 0.1) is 0 Å². The molecule has 0 amide bonds. The maximum Gasteiger partial charge on any atom is 0.472 e. The van der Waals surface area contributed by atoms with E-state index >= 15 is 0 Å². The second-order valence-corrected chi connectivity index (χ2v) is 7.05. The lowest BCUT2D eigenvalue weighted by atomic mass is 10.3. The van der Waals surface area contributed by atoms with Crippen LogP contribution in [-0.4, -0.2) is 55.9 Å². The molecule has 0 atom stereocenters. The first-order chi connectivity index (χ1) is 12.7. The Bertz CT molecular complexity index is 410. The molecule has 28 heavy (non-hydrogen) atoms. The van der Waals surface area contributed by atoms with E-state index in [1.807, 2.05) is 0 Å². The van der Waals surface area contributed by atoms with Crippen molar-refractivity contribution in [1.82, 2.24) is 5.32 Å². The molecule has 0 unspecified atom stereocenters. The largest absolute Gasteiger partial charge is 0.472 e. The summed E-state index contributed by atoms with van der Waals surface area (Å²) in [7, 11) is -5.59. The van der Waals surface area contributed by atoms with E-state index in [9.17, 15) is 39.7 Å². The van der Waals surface area contributed by atoms with E-state index in [0.29, 0.717) is 0 Å². The van der Waals surface area contributed by atoms with Crippen molar-refractivity contribution >= 4 is 7.82 Å². The molecule has 0 bridgehead atoms. The lowest BCUT2D eigenvalue weighted by molar-refractivity contribution is -0.161. The maximum absolute atomic E-state index is 12.2. The molecule has 0 aromatic heterocycles. The van der Waals surface area contributed by atoms with Crippen molar-refractivity contribution < 1.29 is 53.6 Å². The standard InChI is InChI=1S/C8H19N.C6H7F8O4P/c1-3-5-7-9-8-6-4-2;7-3(8)5(11,12)1-17-19(15,16)18-2-6(13,14)4(9)10/h9H,3-8H2,1-2H3;3-4H,1-2H2,(H,15,16). The summed E-state index contributed by atoms with van der Waals surface area (Å²) in [6, 6.07) is 0. The molecular weight excluding hydrogens is 429 g/mol. The molecule has 0 saturated heterocycles. The number of rotatable bonds is 14. The number of unbranched alkanes of at least 4 members (excludes halogenated alkanes) is 2. The van der Waals surface area contributed by atoms with Crippen molar-refractivity contribution in [3.8, 4) is 0 Å². The summed E-state index contributed by atoms with van der Waals surface area (Å²) in [4.78, 5) is 8.56. The molecule has 0 radical (unpaired) electrons. The van der Waals surface area contributed by atoms with Crippen LogP contribution in [0.25, 0.3) is 0 Å². The molecule has 0 aliphatic rings. The summed E-state index contributed by atoms with van der Waals surface area (Å²) in [5, 5.41) is 3.39. The van der Waals surface area contributed by atoms with Crippen LogP contribution in [0.3, 0.4) is 0 Å². The van der Waals surface area contributed by atoms with Gasteiger partial charge in [0.15, 0.2) is 0 Å². The third-order valence-electron chi connectivity index (χ3n) is 2.89. The fourth-order valence-electron chi connectivity index (χ4n) is 1.23. The van der Waals surface area contributed by atoms with Crippen LogP contribution in [0.1, 0.15) is 39.5 Å². The Morgan fingerprint density at radius 3 is 1.43 bits per heavy atom. The summed E-state index contributed by atoms with van der Waals surface area (Å²) in [6.07, 6.45) is -3.23. The zero-order valence-corrected chi connectivity index (χ0v) is 16.3.